The van der Waals surface area contributed by atoms with Crippen molar-refractivity contribution >= 4 is 11.9 Å². The van der Waals surface area contributed by atoms with E-state index >= 15 is 0 Å². The lowest BCUT2D eigenvalue weighted by atomic mass is 10.1. The highest BCUT2D eigenvalue weighted by molar-refractivity contribution is 5.88. The number of rotatable bonds is 3. The van der Waals surface area contributed by atoms with Crippen LogP contribution in [0.15, 0.2) is 30.3 Å². The number of carbonyl (C=O) groups excluding carboxylic acids is 2. The average Bonchev–Trinajstić information content (AvgIpc) is 3.01. The highest BCUT2D eigenvalue weighted by atomic mass is 16.2. The maximum Gasteiger partial charge on any atom is 0.318 e. The van der Waals surface area contributed by atoms with Crippen molar-refractivity contribution in [2.24, 2.45) is 0 Å². The van der Waals surface area contributed by atoms with Crippen LogP contribution in [0, 0.1) is 0 Å². The molecule has 0 bridgehead atoms. The van der Waals surface area contributed by atoms with Gasteiger partial charge in [-0.15, -0.1) is 0 Å². The van der Waals surface area contributed by atoms with Gasteiger partial charge >= 0.3 is 6.03 Å². The van der Waals surface area contributed by atoms with E-state index in [1.54, 1.807) is 4.90 Å². The van der Waals surface area contributed by atoms with Gasteiger partial charge in [0.15, 0.2) is 0 Å². The molecule has 130 valence electrons. The van der Waals surface area contributed by atoms with E-state index in [9.17, 15) is 9.59 Å². The van der Waals surface area contributed by atoms with Crippen LogP contribution < -0.4 is 5.32 Å². The zero-order valence-corrected chi connectivity index (χ0v) is 14.6. The molecule has 2 heterocycles. The number of nitrogens with one attached hydrogen (secondary N) is 1. The van der Waals surface area contributed by atoms with Crippen molar-refractivity contribution in [1.29, 1.82) is 0 Å². The zero-order valence-electron chi connectivity index (χ0n) is 14.6. The second-order valence-corrected chi connectivity index (χ2v) is 6.97. The number of benzene rings is 1. The average molecular weight is 330 g/mol. The summed E-state index contributed by atoms with van der Waals surface area (Å²) in [6.45, 7) is 3.67. The molecule has 1 N–H and O–H groups in total. The normalized spacial score (nSPS) is 26.7. The molecule has 0 aromatic heterocycles. The number of carbonyl (C=O) groups is 2. The predicted molar refractivity (Wildman–Crippen MR) is 92.4 cm³/mol. The fourth-order valence-corrected chi connectivity index (χ4v) is 3.60. The molecule has 3 atom stereocenters. The first kappa shape index (κ1) is 16.8. The summed E-state index contributed by atoms with van der Waals surface area (Å²) in [5.74, 6) is 0.0606. The van der Waals surface area contributed by atoms with Crippen LogP contribution in [-0.4, -0.2) is 71.9 Å². The molecule has 6 heteroatoms. The first-order chi connectivity index (χ1) is 11.5. The molecule has 3 rings (SSSR count). The van der Waals surface area contributed by atoms with Crippen LogP contribution >= 0.6 is 0 Å². The summed E-state index contributed by atoms with van der Waals surface area (Å²) in [7, 11) is 4.09. The summed E-state index contributed by atoms with van der Waals surface area (Å²) < 4.78 is 0. The molecule has 6 nitrogen and oxygen atoms in total. The van der Waals surface area contributed by atoms with Crippen LogP contribution in [0.25, 0.3) is 0 Å². The molecule has 1 aromatic rings. The Labute approximate surface area is 143 Å². The molecule has 2 saturated heterocycles. The second-order valence-electron chi connectivity index (χ2n) is 6.97. The van der Waals surface area contributed by atoms with E-state index in [0.717, 1.165) is 18.5 Å². The lowest BCUT2D eigenvalue weighted by Crippen LogP contribution is -2.61. The molecular formula is C18H26N4O2. The standard InChI is InChI=1S/C18H26N4O2/c1-13-17(23)22-11-15(20(2)3)9-16(22)12-21(13)18(24)19-10-14-7-5-4-6-8-14/h4-8,13,15-16H,9-12H2,1-3H3,(H,19,24)/t13-,15-,16-/m0/s1. The summed E-state index contributed by atoms with van der Waals surface area (Å²) in [5.41, 5.74) is 1.05. The Kier molecular flexibility index (Phi) is 4.76. The van der Waals surface area contributed by atoms with Crippen molar-refractivity contribution in [1.82, 2.24) is 20.0 Å². The number of nitrogens with zero attached hydrogens (tertiary/aromatic N) is 3. The van der Waals surface area contributed by atoms with Crippen molar-refractivity contribution in [3.63, 3.8) is 0 Å². The summed E-state index contributed by atoms with van der Waals surface area (Å²) in [4.78, 5) is 31.0. The van der Waals surface area contributed by atoms with E-state index in [1.807, 2.05) is 56.3 Å². The summed E-state index contributed by atoms with van der Waals surface area (Å²) in [6, 6.07) is 9.75. The molecule has 0 aliphatic carbocycles. The van der Waals surface area contributed by atoms with Crippen molar-refractivity contribution in [2.75, 3.05) is 27.2 Å². The van der Waals surface area contributed by atoms with Gasteiger partial charge in [0.2, 0.25) is 5.91 Å². The van der Waals surface area contributed by atoms with E-state index in [0.29, 0.717) is 19.1 Å². The summed E-state index contributed by atoms with van der Waals surface area (Å²) in [5, 5.41) is 2.94. The van der Waals surface area contributed by atoms with Crippen LogP contribution in [0.3, 0.4) is 0 Å². The van der Waals surface area contributed by atoms with Crippen LogP contribution in [-0.2, 0) is 11.3 Å². The molecule has 2 aliphatic heterocycles. The molecule has 0 saturated carbocycles. The van der Waals surface area contributed by atoms with Gasteiger partial charge in [0, 0.05) is 25.7 Å². The molecule has 2 aliphatic rings. The minimum absolute atomic E-state index is 0.0606. The van der Waals surface area contributed by atoms with E-state index in [1.165, 1.54) is 0 Å². The SMILES string of the molecule is C[C@H]1C(=O)N2C[C@@H](N(C)C)C[C@H]2CN1C(=O)NCc1ccccc1. The Morgan fingerprint density at radius 3 is 2.62 bits per heavy atom. The number of hydrogen-bond donors (Lipinski definition) is 1. The third kappa shape index (κ3) is 3.24. The number of urea groups is 1. The lowest BCUT2D eigenvalue weighted by molar-refractivity contribution is -0.141. The minimum Gasteiger partial charge on any atom is -0.335 e. The smallest absolute Gasteiger partial charge is 0.318 e. The lowest BCUT2D eigenvalue weighted by Gasteiger charge is -2.41. The van der Waals surface area contributed by atoms with Gasteiger partial charge in [-0.2, -0.15) is 0 Å². The monoisotopic (exact) mass is 330 g/mol. The number of likely N-dealkylation sites (N-methyl/N-ethyl adjacent to an activating group) is 1. The van der Waals surface area contributed by atoms with Crippen molar-refractivity contribution < 1.29 is 9.59 Å². The number of piperazine rings is 1. The van der Waals surface area contributed by atoms with Gasteiger partial charge in [-0.3, -0.25) is 4.79 Å². The van der Waals surface area contributed by atoms with Gasteiger partial charge in [-0.05, 0) is 33.0 Å². The third-order valence-corrected chi connectivity index (χ3v) is 5.19. The Balaban J connectivity index is 1.63. The highest BCUT2D eigenvalue weighted by Crippen LogP contribution is 2.27. The Bertz CT molecular complexity index is 604. The first-order valence-corrected chi connectivity index (χ1v) is 8.52. The van der Waals surface area contributed by atoms with Crippen LogP contribution in [0.5, 0.6) is 0 Å². The van der Waals surface area contributed by atoms with E-state index in [2.05, 4.69) is 10.2 Å². The summed E-state index contributed by atoms with van der Waals surface area (Å²) in [6.07, 6.45) is 0.925. The third-order valence-electron chi connectivity index (χ3n) is 5.19. The van der Waals surface area contributed by atoms with E-state index in [4.69, 9.17) is 0 Å². The fraction of sp³-hybridized carbons (Fsp3) is 0.556. The van der Waals surface area contributed by atoms with Gasteiger partial charge in [0.1, 0.15) is 6.04 Å². The highest BCUT2D eigenvalue weighted by Gasteiger charge is 2.45. The Hall–Kier alpha value is -2.08. The quantitative estimate of drug-likeness (QED) is 0.904. The molecule has 24 heavy (non-hydrogen) atoms. The number of fused-ring (bicyclic) bond motifs is 1. The number of amides is 3. The van der Waals surface area contributed by atoms with Crippen molar-refractivity contribution in [3.8, 4) is 0 Å². The van der Waals surface area contributed by atoms with Gasteiger partial charge in [0.25, 0.3) is 0 Å². The van der Waals surface area contributed by atoms with Crippen LogP contribution in [0.4, 0.5) is 4.79 Å². The summed E-state index contributed by atoms with van der Waals surface area (Å²) >= 11 is 0. The largest absolute Gasteiger partial charge is 0.335 e. The van der Waals surface area contributed by atoms with Gasteiger partial charge in [0.05, 0.1) is 6.04 Å². The Morgan fingerprint density at radius 1 is 1.25 bits per heavy atom. The Morgan fingerprint density at radius 2 is 1.96 bits per heavy atom. The molecule has 0 spiro atoms. The molecule has 1 aromatic carbocycles. The minimum atomic E-state index is -0.405. The maximum atomic E-state index is 12.6. The maximum absolute atomic E-state index is 12.6. The van der Waals surface area contributed by atoms with Crippen LogP contribution in [0.1, 0.15) is 18.9 Å². The second kappa shape index (κ2) is 6.81. The first-order valence-electron chi connectivity index (χ1n) is 8.52. The van der Waals surface area contributed by atoms with Gasteiger partial charge in [-0.25, -0.2) is 4.79 Å². The van der Waals surface area contributed by atoms with Gasteiger partial charge in [-0.1, -0.05) is 30.3 Å². The fourth-order valence-electron chi connectivity index (χ4n) is 3.60. The molecule has 0 unspecified atom stereocenters. The molecular weight excluding hydrogens is 304 g/mol. The molecule has 3 amide bonds. The molecule has 0 radical (unpaired) electrons. The zero-order chi connectivity index (χ0) is 17.3. The van der Waals surface area contributed by atoms with Crippen LogP contribution in [0.2, 0.25) is 0 Å². The topological polar surface area (TPSA) is 55.9 Å². The van der Waals surface area contributed by atoms with Crippen molar-refractivity contribution in [3.05, 3.63) is 35.9 Å². The predicted octanol–water partition coefficient (Wildman–Crippen LogP) is 1.13. The number of hydrogen-bond acceptors (Lipinski definition) is 3. The van der Waals surface area contributed by atoms with E-state index < -0.39 is 6.04 Å². The van der Waals surface area contributed by atoms with Gasteiger partial charge < -0.3 is 20.0 Å². The van der Waals surface area contributed by atoms with Crippen molar-refractivity contribution in [2.45, 2.75) is 38.0 Å². The molecule has 2 fully saturated rings. The van der Waals surface area contributed by atoms with E-state index in [-0.39, 0.29) is 18.0 Å².